The van der Waals surface area contributed by atoms with E-state index in [-0.39, 0.29) is 0 Å². The largest absolute Gasteiger partial charge is 0.399 e. The fourth-order valence-corrected chi connectivity index (χ4v) is 3.38. The molecule has 0 radical (unpaired) electrons. The summed E-state index contributed by atoms with van der Waals surface area (Å²) in [7, 11) is 0. The highest BCUT2D eigenvalue weighted by Crippen LogP contribution is 2.38. The minimum Gasteiger partial charge on any atom is -0.399 e. The Labute approximate surface area is 109 Å². The van der Waals surface area contributed by atoms with Crippen molar-refractivity contribution < 1.29 is 0 Å². The summed E-state index contributed by atoms with van der Waals surface area (Å²) in [5.41, 5.74) is 8.44. The third-order valence-corrected chi connectivity index (χ3v) is 4.51. The molecule has 0 amide bonds. The highest BCUT2D eigenvalue weighted by molar-refractivity contribution is 5.54. The molecule has 1 aromatic rings. The van der Waals surface area contributed by atoms with Crippen molar-refractivity contribution in [3.63, 3.8) is 0 Å². The molecule has 2 heterocycles. The van der Waals surface area contributed by atoms with Crippen LogP contribution in [0.5, 0.6) is 0 Å². The molecule has 18 heavy (non-hydrogen) atoms. The first kappa shape index (κ1) is 11.8. The number of rotatable bonds is 1. The van der Waals surface area contributed by atoms with Crippen molar-refractivity contribution >= 4 is 11.4 Å². The Morgan fingerprint density at radius 3 is 2.78 bits per heavy atom. The molecule has 0 aliphatic carbocycles. The summed E-state index contributed by atoms with van der Waals surface area (Å²) >= 11 is 0. The van der Waals surface area contributed by atoms with E-state index in [0.717, 1.165) is 5.69 Å². The fourth-order valence-electron chi connectivity index (χ4n) is 3.38. The molecule has 0 saturated carbocycles. The summed E-state index contributed by atoms with van der Waals surface area (Å²) in [6.45, 7) is 4.78. The van der Waals surface area contributed by atoms with Gasteiger partial charge < -0.3 is 16.0 Å². The lowest BCUT2D eigenvalue weighted by molar-refractivity contribution is 0.300. The van der Waals surface area contributed by atoms with Crippen molar-refractivity contribution in [2.24, 2.45) is 5.41 Å². The highest BCUT2D eigenvalue weighted by Gasteiger charge is 2.38. The lowest BCUT2D eigenvalue weighted by Gasteiger charge is -2.28. The number of nitrogen functional groups attached to an aromatic ring is 1. The lowest BCUT2D eigenvalue weighted by atomic mass is 9.83. The molecule has 3 N–H and O–H groups in total. The molecule has 2 aliphatic rings. The molecular formula is C15H23N3. The van der Waals surface area contributed by atoms with Crippen LogP contribution >= 0.6 is 0 Å². The molecule has 98 valence electrons. The SMILES string of the molecule is Nc1ccc(N2CCC3(CCCCNC3)C2)cc1. The van der Waals surface area contributed by atoms with Crippen LogP contribution in [0.25, 0.3) is 0 Å². The summed E-state index contributed by atoms with van der Waals surface area (Å²) in [5, 5.41) is 3.61. The Morgan fingerprint density at radius 2 is 1.94 bits per heavy atom. The van der Waals surface area contributed by atoms with Gasteiger partial charge in [-0.2, -0.15) is 0 Å². The van der Waals surface area contributed by atoms with Crippen molar-refractivity contribution in [3.8, 4) is 0 Å². The average molecular weight is 245 g/mol. The van der Waals surface area contributed by atoms with E-state index in [1.54, 1.807) is 0 Å². The van der Waals surface area contributed by atoms with E-state index in [9.17, 15) is 0 Å². The quantitative estimate of drug-likeness (QED) is 0.746. The second-order valence-electron chi connectivity index (χ2n) is 5.90. The van der Waals surface area contributed by atoms with E-state index in [4.69, 9.17) is 5.73 Å². The van der Waals surface area contributed by atoms with Gasteiger partial charge >= 0.3 is 0 Å². The first-order chi connectivity index (χ1) is 8.77. The van der Waals surface area contributed by atoms with E-state index < -0.39 is 0 Å². The van der Waals surface area contributed by atoms with Crippen LogP contribution in [-0.4, -0.2) is 26.2 Å². The van der Waals surface area contributed by atoms with Crippen LogP contribution in [-0.2, 0) is 0 Å². The predicted octanol–water partition coefficient (Wildman–Crippen LogP) is 2.24. The molecule has 1 spiro atoms. The van der Waals surface area contributed by atoms with Crippen molar-refractivity contribution in [3.05, 3.63) is 24.3 Å². The Hall–Kier alpha value is -1.22. The van der Waals surface area contributed by atoms with Crippen molar-refractivity contribution in [2.45, 2.75) is 25.7 Å². The number of nitrogens with zero attached hydrogens (tertiary/aromatic N) is 1. The van der Waals surface area contributed by atoms with Crippen LogP contribution in [0.2, 0.25) is 0 Å². The number of nitrogens with two attached hydrogens (primary N) is 1. The predicted molar refractivity (Wildman–Crippen MR) is 76.8 cm³/mol. The first-order valence-corrected chi connectivity index (χ1v) is 7.09. The van der Waals surface area contributed by atoms with Crippen molar-refractivity contribution in [1.29, 1.82) is 0 Å². The molecule has 2 saturated heterocycles. The molecule has 1 atom stereocenters. The van der Waals surface area contributed by atoms with Crippen LogP contribution in [0.15, 0.2) is 24.3 Å². The fraction of sp³-hybridized carbons (Fsp3) is 0.600. The van der Waals surface area contributed by atoms with Crippen LogP contribution in [0.4, 0.5) is 11.4 Å². The number of hydrogen-bond acceptors (Lipinski definition) is 3. The molecule has 1 aromatic carbocycles. The van der Waals surface area contributed by atoms with E-state index in [1.165, 1.54) is 57.5 Å². The third-order valence-electron chi connectivity index (χ3n) is 4.51. The van der Waals surface area contributed by atoms with Crippen LogP contribution in [0.1, 0.15) is 25.7 Å². The monoisotopic (exact) mass is 245 g/mol. The Kier molecular flexibility index (Phi) is 3.16. The van der Waals surface area contributed by atoms with Gasteiger partial charge in [-0.1, -0.05) is 6.42 Å². The molecule has 0 bridgehead atoms. The lowest BCUT2D eigenvalue weighted by Crippen LogP contribution is -2.35. The number of benzene rings is 1. The smallest absolute Gasteiger partial charge is 0.0367 e. The summed E-state index contributed by atoms with van der Waals surface area (Å²) in [6, 6.07) is 8.31. The Balaban J connectivity index is 1.72. The van der Waals surface area contributed by atoms with E-state index in [2.05, 4.69) is 22.3 Å². The normalized spacial score (nSPS) is 28.6. The molecule has 3 heteroatoms. The third kappa shape index (κ3) is 2.32. The van der Waals surface area contributed by atoms with Gasteiger partial charge in [-0.05, 0) is 50.1 Å². The van der Waals surface area contributed by atoms with Gasteiger partial charge in [-0.25, -0.2) is 0 Å². The molecule has 2 fully saturated rings. The molecular weight excluding hydrogens is 222 g/mol. The van der Waals surface area contributed by atoms with Crippen LogP contribution in [0, 0.1) is 5.41 Å². The second kappa shape index (κ2) is 4.81. The Bertz CT molecular complexity index is 391. The number of anilines is 2. The van der Waals surface area contributed by atoms with Crippen LogP contribution < -0.4 is 16.0 Å². The van der Waals surface area contributed by atoms with Crippen molar-refractivity contribution in [2.75, 3.05) is 36.8 Å². The topological polar surface area (TPSA) is 41.3 Å². The number of hydrogen-bond donors (Lipinski definition) is 2. The molecule has 1 unspecified atom stereocenters. The maximum absolute atomic E-state index is 5.75. The van der Waals surface area contributed by atoms with Gasteiger partial charge in [0.2, 0.25) is 0 Å². The van der Waals surface area contributed by atoms with Crippen molar-refractivity contribution in [1.82, 2.24) is 5.32 Å². The van der Waals surface area contributed by atoms with Gasteiger partial charge in [-0.15, -0.1) is 0 Å². The maximum Gasteiger partial charge on any atom is 0.0367 e. The van der Waals surface area contributed by atoms with Gasteiger partial charge in [0.1, 0.15) is 0 Å². The van der Waals surface area contributed by atoms with Gasteiger partial charge in [-0.3, -0.25) is 0 Å². The molecule has 0 aromatic heterocycles. The number of nitrogens with one attached hydrogen (secondary N) is 1. The van der Waals surface area contributed by atoms with Gasteiger partial charge in [0.05, 0.1) is 0 Å². The van der Waals surface area contributed by atoms with E-state index in [1.807, 2.05) is 12.1 Å². The molecule has 2 aliphatic heterocycles. The standard InChI is InChI=1S/C15H23N3/c16-13-3-5-14(6-4-13)18-10-8-15(12-18)7-1-2-9-17-11-15/h3-6,17H,1-2,7-12,16H2. The van der Waals surface area contributed by atoms with Crippen LogP contribution in [0.3, 0.4) is 0 Å². The zero-order chi connectivity index (χ0) is 12.4. The molecule has 3 nitrogen and oxygen atoms in total. The average Bonchev–Trinajstić information content (AvgIpc) is 2.65. The van der Waals surface area contributed by atoms with E-state index >= 15 is 0 Å². The minimum absolute atomic E-state index is 0.512. The maximum atomic E-state index is 5.75. The highest BCUT2D eigenvalue weighted by atomic mass is 15.2. The molecule has 3 rings (SSSR count). The van der Waals surface area contributed by atoms with Gasteiger partial charge in [0.25, 0.3) is 0 Å². The Morgan fingerprint density at radius 1 is 1.11 bits per heavy atom. The zero-order valence-electron chi connectivity index (χ0n) is 11.0. The summed E-state index contributed by atoms with van der Waals surface area (Å²) in [6.07, 6.45) is 5.42. The summed E-state index contributed by atoms with van der Waals surface area (Å²) in [5.74, 6) is 0. The summed E-state index contributed by atoms with van der Waals surface area (Å²) in [4.78, 5) is 2.52. The first-order valence-electron chi connectivity index (χ1n) is 7.09. The van der Waals surface area contributed by atoms with Gasteiger partial charge in [0, 0.05) is 36.4 Å². The van der Waals surface area contributed by atoms with Gasteiger partial charge in [0.15, 0.2) is 0 Å². The summed E-state index contributed by atoms with van der Waals surface area (Å²) < 4.78 is 0. The minimum atomic E-state index is 0.512. The van der Waals surface area contributed by atoms with E-state index in [0.29, 0.717) is 5.41 Å². The zero-order valence-corrected chi connectivity index (χ0v) is 11.0. The second-order valence-corrected chi connectivity index (χ2v) is 5.90.